The smallest absolute Gasteiger partial charge is 0.254 e. The van der Waals surface area contributed by atoms with Gasteiger partial charge in [-0.15, -0.1) is 0 Å². The van der Waals surface area contributed by atoms with Crippen LogP contribution in [0.25, 0.3) is 0 Å². The molecule has 1 aromatic carbocycles. The van der Waals surface area contributed by atoms with Crippen LogP contribution in [0.2, 0.25) is 5.02 Å². The molecule has 2 rings (SSSR count). The lowest BCUT2D eigenvalue weighted by Crippen LogP contribution is -2.27. The predicted octanol–water partition coefficient (Wildman–Crippen LogP) is 3.59. The van der Waals surface area contributed by atoms with E-state index in [1.165, 1.54) is 30.6 Å². The van der Waals surface area contributed by atoms with Crippen molar-refractivity contribution in [3.8, 4) is 5.75 Å². The summed E-state index contributed by atoms with van der Waals surface area (Å²) < 4.78 is 5.75. The topological polar surface area (TPSA) is 41.6 Å². The van der Waals surface area contributed by atoms with Crippen molar-refractivity contribution in [3.05, 3.63) is 28.8 Å². The van der Waals surface area contributed by atoms with Gasteiger partial charge < -0.3 is 15.0 Å². The molecule has 1 aliphatic rings. The highest BCUT2D eigenvalue weighted by Crippen LogP contribution is 2.24. The molecule has 1 fully saturated rings. The maximum atomic E-state index is 11.9. The molecule has 0 atom stereocenters. The van der Waals surface area contributed by atoms with Gasteiger partial charge in [0.15, 0.2) is 0 Å². The maximum absolute atomic E-state index is 11.9. The molecule has 0 radical (unpaired) electrons. The first-order valence-corrected chi connectivity index (χ1v) is 8.80. The Morgan fingerprint density at radius 2 is 2.04 bits per heavy atom. The summed E-state index contributed by atoms with van der Waals surface area (Å²) in [6.07, 6.45) is 6.16. The fourth-order valence-corrected chi connectivity index (χ4v) is 3.15. The van der Waals surface area contributed by atoms with Crippen molar-refractivity contribution in [1.29, 1.82) is 0 Å². The van der Waals surface area contributed by atoms with Crippen molar-refractivity contribution in [1.82, 2.24) is 10.2 Å². The Kier molecular flexibility index (Phi) is 7.18. The number of nitrogens with one attached hydrogen (secondary N) is 1. The molecule has 1 amide bonds. The van der Waals surface area contributed by atoms with Gasteiger partial charge in [0.05, 0.1) is 17.2 Å². The van der Waals surface area contributed by atoms with Crippen LogP contribution in [0.4, 0.5) is 0 Å². The van der Waals surface area contributed by atoms with Crippen molar-refractivity contribution in [2.75, 3.05) is 33.8 Å². The largest absolute Gasteiger partial charge is 0.494 e. The number of ether oxygens (including phenoxy) is 1. The Morgan fingerprint density at radius 1 is 1.30 bits per heavy atom. The van der Waals surface area contributed by atoms with Gasteiger partial charge >= 0.3 is 0 Å². The summed E-state index contributed by atoms with van der Waals surface area (Å²) in [5.74, 6) is 1.51. The molecule has 0 spiro atoms. The number of nitrogens with zero attached hydrogens (tertiary/aromatic N) is 1. The van der Waals surface area contributed by atoms with E-state index in [2.05, 4.69) is 5.32 Å². The standard InChI is InChI=1S/C18H27ClN2O2/c1-21(2)18(22)16-7-6-15(13-17(16)19)23-12-4-3-5-14-8-10-20-11-9-14/h6-7,13-14,20H,3-5,8-12H2,1-2H3. The lowest BCUT2D eigenvalue weighted by molar-refractivity contribution is 0.0827. The highest BCUT2D eigenvalue weighted by atomic mass is 35.5. The first-order valence-electron chi connectivity index (χ1n) is 8.42. The van der Waals surface area contributed by atoms with Crippen molar-refractivity contribution < 1.29 is 9.53 Å². The number of halogens is 1. The molecule has 1 aliphatic heterocycles. The van der Waals surface area contributed by atoms with E-state index in [0.29, 0.717) is 17.2 Å². The van der Waals surface area contributed by atoms with E-state index in [4.69, 9.17) is 16.3 Å². The normalized spacial score (nSPS) is 15.4. The third kappa shape index (κ3) is 5.70. The molecule has 0 unspecified atom stereocenters. The van der Waals surface area contributed by atoms with Gasteiger partial charge in [0, 0.05) is 14.1 Å². The van der Waals surface area contributed by atoms with Crippen LogP contribution in [0.5, 0.6) is 5.75 Å². The molecule has 1 aromatic rings. The zero-order chi connectivity index (χ0) is 16.7. The van der Waals surface area contributed by atoms with Gasteiger partial charge in [0.25, 0.3) is 5.91 Å². The fourth-order valence-electron chi connectivity index (χ4n) is 2.90. The Bertz CT molecular complexity index is 514. The molecule has 1 heterocycles. The van der Waals surface area contributed by atoms with Gasteiger partial charge in [0.2, 0.25) is 0 Å². The summed E-state index contributed by atoms with van der Waals surface area (Å²) in [6.45, 7) is 3.03. The molecular formula is C18H27ClN2O2. The fraction of sp³-hybridized carbons (Fsp3) is 0.611. The molecule has 1 saturated heterocycles. The van der Waals surface area contributed by atoms with E-state index in [-0.39, 0.29) is 5.91 Å². The summed E-state index contributed by atoms with van der Waals surface area (Å²) in [5, 5.41) is 3.84. The number of hydrogen-bond acceptors (Lipinski definition) is 3. The first-order chi connectivity index (χ1) is 11.1. The lowest BCUT2D eigenvalue weighted by Gasteiger charge is -2.22. The molecule has 23 heavy (non-hydrogen) atoms. The van der Waals surface area contributed by atoms with Crippen LogP contribution in [-0.4, -0.2) is 44.6 Å². The van der Waals surface area contributed by atoms with E-state index in [0.717, 1.165) is 31.2 Å². The minimum absolute atomic E-state index is 0.0940. The minimum Gasteiger partial charge on any atom is -0.494 e. The summed E-state index contributed by atoms with van der Waals surface area (Å²) in [6, 6.07) is 5.27. The van der Waals surface area contributed by atoms with E-state index < -0.39 is 0 Å². The van der Waals surface area contributed by atoms with E-state index in [1.807, 2.05) is 6.07 Å². The third-order valence-corrected chi connectivity index (χ3v) is 4.62. The van der Waals surface area contributed by atoms with E-state index >= 15 is 0 Å². The molecule has 4 nitrogen and oxygen atoms in total. The maximum Gasteiger partial charge on any atom is 0.254 e. The number of carbonyl (C=O) groups excluding carboxylic acids is 1. The summed E-state index contributed by atoms with van der Waals surface area (Å²) in [4.78, 5) is 13.4. The second-order valence-electron chi connectivity index (χ2n) is 6.38. The van der Waals surface area contributed by atoms with Gasteiger partial charge in [-0.2, -0.15) is 0 Å². The molecule has 0 aromatic heterocycles. The van der Waals surface area contributed by atoms with Gasteiger partial charge in [-0.3, -0.25) is 4.79 Å². The zero-order valence-corrected chi connectivity index (χ0v) is 14.9. The van der Waals surface area contributed by atoms with E-state index in [9.17, 15) is 4.79 Å². The van der Waals surface area contributed by atoms with E-state index in [1.54, 1.807) is 26.2 Å². The second kappa shape index (κ2) is 9.14. The van der Waals surface area contributed by atoms with Crippen LogP contribution < -0.4 is 10.1 Å². The molecule has 1 N–H and O–H groups in total. The Balaban J connectivity index is 1.71. The number of piperidine rings is 1. The van der Waals surface area contributed by atoms with Crippen LogP contribution in [-0.2, 0) is 0 Å². The Hall–Kier alpha value is -1.26. The summed E-state index contributed by atoms with van der Waals surface area (Å²) >= 11 is 6.18. The summed E-state index contributed by atoms with van der Waals surface area (Å²) in [5.41, 5.74) is 0.509. The van der Waals surface area contributed by atoms with Crippen LogP contribution in [0.1, 0.15) is 42.5 Å². The second-order valence-corrected chi connectivity index (χ2v) is 6.79. The van der Waals surface area contributed by atoms with Crippen molar-refractivity contribution >= 4 is 17.5 Å². The van der Waals surface area contributed by atoms with Crippen molar-refractivity contribution in [2.24, 2.45) is 5.92 Å². The van der Waals surface area contributed by atoms with Gasteiger partial charge in [-0.25, -0.2) is 0 Å². The quantitative estimate of drug-likeness (QED) is 0.772. The molecule has 0 aliphatic carbocycles. The van der Waals surface area contributed by atoms with Gasteiger partial charge in [0.1, 0.15) is 5.75 Å². The SMILES string of the molecule is CN(C)C(=O)c1ccc(OCCCCC2CCNCC2)cc1Cl. The molecule has 128 valence electrons. The van der Waals surface area contributed by atoms with Crippen LogP contribution >= 0.6 is 11.6 Å². The van der Waals surface area contributed by atoms with Gasteiger partial charge in [-0.1, -0.05) is 18.0 Å². The average Bonchev–Trinajstić information content (AvgIpc) is 2.55. The number of rotatable bonds is 7. The molecule has 0 saturated carbocycles. The first kappa shape index (κ1) is 18.1. The van der Waals surface area contributed by atoms with Crippen LogP contribution in [0, 0.1) is 5.92 Å². The number of hydrogen-bond donors (Lipinski definition) is 1. The van der Waals surface area contributed by atoms with Crippen LogP contribution in [0.15, 0.2) is 18.2 Å². The number of unbranched alkanes of at least 4 members (excludes halogenated alkanes) is 1. The molecular weight excluding hydrogens is 312 g/mol. The molecule has 5 heteroatoms. The highest BCUT2D eigenvalue weighted by molar-refractivity contribution is 6.34. The zero-order valence-electron chi connectivity index (χ0n) is 14.1. The average molecular weight is 339 g/mol. The summed E-state index contributed by atoms with van der Waals surface area (Å²) in [7, 11) is 3.43. The number of carbonyl (C=O) groups is 1. The molecule has 0 bridgehead atoms. The highest BCUT2D eigenvalue weighted by Gasteiger charge is 2.14. The number of benzene rings is 1. The van der Waals surface area contributed by atoms with Gasteiger partial charge in [-0.05, 0) is 62.9 Å². The monoisotopic (exact) mass is 338 g/mol. The lowest BCUT2D eigenvalue weighted by atomic mass is 9.93. The minimum atomic E-state index is -0.0940. The van der Waals surface area contributed by atoms with Crippen molar-refractivity contribution in [3.63, 3.8) is 0 Å². The number of amides is 1. The predicted molar refractivity (Wildman–Crippen MR) is 94.4 cm³/mol. The van der Waals surface area contributed by atoms with Crippen molar-refractivity contribution in [2.45, 2.75) is 32.1 Å². The third-order valence-electron chi connectivity index (χ3n) is 4.31. The Labute approximate surface area is 144 Å². The Morgan fingerprint density at radius 3 is 2.70 bits per heavy atom. The van der Waals surface area contributed by atoms with Crippen LogP contribution in [0.3, 0.4) is 0 Å².